The van der Waals surface area contributed by atoms with Crippen molar-refractivity contribution in [1.29, 1.82) is 0 Å². The van der Waals surface area contributed by atoms with Crippen molar-refractivity contribution in [2.75, 3.05) is 0 Å². The summed E-state index contributed by atoms with van der Waals surface area (Å²) in [7, 11) is 0. The Kier molecular flexibility index (Phi) is 2.72. The van der Waals surface area contributed by atoms with Gasteiger partial charge in [-0.1, -0.05) is 12.8 Å². The molecule has 2 N–H and O–H groups in total. The van der Waals surface area contributed by atoms with E-state index >= 15 is 0 Å². The lowest BCUT2D eigenvalue weighted by molar-refractivity contribution is -0.118. The van der Waals surface area contributed by atoms with Crippen molar-refractivity contribution >= 4 is 5.91 Å². The molecule has 0 aromatic rings. The number of carbonyl (C=O) groups excluding carboxylic acids is 1. The second-order valence-corrected chi connectivity index (χ2v) is 2.95. The summed E-state index contributed by atoms with van der Waals surface area (Å²) in [6.45, 7) is 0. The minimum atomic E-state index is -0.164. The van der Waals surface area contributed by atoms with E-state index in [9.17, 15) is 4.79 Å². The molecule has 10 heavy (non-hydrogen) atoms. The highest BCUT2D eigenvalue weighted by Crippen LogP contribution is 2.24. The van der Waals surface area contributed by atoms with Crippen LogP contribution in [0.2, 0.25) is 0 Å². The van der Waals surface area contributed by atoms with Gasteiger partial charge >= 0.3 is 0 Å². The first-order valence-electron chi connectivity index (χ1n) is 3.90. The maximum atomic E-state index is 10.5. The topological polar surface area (TPSA) is 43.1 Å². The number of carbonyl (C=O) groups is 1. The van der Waals surface area contributed by atoms with Gasteiger partial charge in [-0.3, -0.25) is 4.79 Å². The fourth-order valence-corrected chi connectivity index (χ4v) is 1.47. The van der Waals surface area contributed by atoms with Gasteiger partial charge in [-0.15, -0.1) is 0 Å². The first-order chi connectivity index (χ1) is 4.79. The van der Waals surface area contributed by atoms with Gasteiger partial charge in [0, 0.05) is 6.42 Å². The fraction of sp³-hybridized carbons (Fsp3) is 0.750. The van der Waals surface area contributed by atoms with Crippen molar-refractivity contribution in [2.45, 2.75) is 32.1 Å². The first kappa shape index (κ1) is 7.58. The zero-order valence-corrected chi connectivity index (χ0v) is 6.18. The Labute approximate surface area is 61.8 Å². The van der Waals surface area contributed by atoms with Crippen LogP contribution < -0.4 is 5.73 Å². The molecule has 1 radical (unpaired) electrons. The molecule has 1 rings (SSSR count). The van der Waals surface area contributed by atoms with Crippen LogP contribution in [0.25, 0.3) is 0 Å². The third-order valence-corrected chi connectivity index (χ3v) is 1.99. The fourth-order valence-electron chi connectivity index (χ4n) is 1.47. The first-order valence-corrected chi connectivity index (χ1v) is 3.90. The highest BCUT2D eigenvalue weighted by Gasteiger charge is 2.14. The lowest BCUT2D eigenvalue weighted by atomic mass is 9.87. The van der Waals surface area contributed by atoms with E-state index in [1.807, 2.05) is 0 Å². The largest absolute Gasteiger partial charge is 0.370 e. The Morgan fingerprint density at radius 3 is 2.90 bits per heavy atom. The Balaban J connectivity index is 2.19. The Bertz CT molecular complexity index is 116. The second kappa shape index (κ2) is 3.59. The van der Waals surface area contributed by atoms with Crippen molar-refractivity contribution in [3.05, 3.63) is 6.42 Å². The lowest BCUT2D eigenvalue weighted by Crippen LogP contribution is -2.18. The maximum absolute atomic E-state index is 10.5. The van der Waals surface area contributed by atoms with E-state index in [0.29, 0.717) is 12.3 Å². The molecule has 57 valence electrons. The number of amides is 1. The van der Waals surface area contributed by atoms with Crippen LogP contribution in [0.5, 0.6) is 0 Å². The quantitative estimate of drug-likeness (QED) is 0.616. The normalized spacial score (nSPS) is 20.8. The van der Waals surface area contributed by atoms with Crippen LogP contribution in [-0.4, -0.2) is 5.91 Å². The van der Waals surface area contributed by atoms with Crippen molar-refractivity contribution in [1.82, 2.24) is 0 Å². The van der Waals surface area contributed by atoms with Gasteiger partial charge in [0.15, 0.2) is 0 Å². The van der Waals surface area contributed by atoms with Crippen LogP contribution >= 0.6 is 0 Å². The van der Waals surface area contributed by atoms with E-state index in [4.69, 9.17) is 5.73 Å². The van der Waals surface area contributed by atoms with Crippen molar-refractivity contribution in [3.8, 4) is 0 Å². The van der Waals surface area contributed by atoms with E-state index in [-0.39, 0.29) is 5.91 Å². The van der Waals surface area contributed by atoms with Gasteiger partial charge < -0.3 is 5.73 Å². The number of nitrogens with two attached hydrogens (primary N) is 1. The number of hydrogen-bond acceptors (Lipinski definition) is 1. The molecule has 0 heterocycles. The molecule has 0 saturated heterocycles. The minimum Gasteiger partial charge on any atom is -0.370 e. The molecule has 1 saturated carbocycles. The molecule has 2 heteroatoms. The third kappa shape index (κ3) is 2.38. The highest BCUT2D eigenvalue weighted by atomic mass is 16.1. The van der Waals surface area contributed by atoms with E-state index < -0.39 is 0 Å². The van der Waals surface area contributed by atoms with E-state index in [1.54, 1.807) is 0 Å². The molecule has 0 aromatic heterocycles. The lowest BCUT2D eigenvalue weighted by Gasteiger charge is -2.19. The number of rotatable bonds is 2. The second-order valence-electron chi connectivity index (χ2n) is 2.95. The summed E-state index contributed by atoms with van der Waals surface area (Å²) in [5.74, 6) is 0.314. The van der Waals surface area contributed by atoms with Crippen LogP contribution in [-0.2, 0) is 4.79 Å². The highest BCUT2D eigenvalue weighted by molar-refractivity contribution is 5.74. The predicted molar refractivity (Wildman–Crippen MR) is 40.1 cm³/mol. The van der Waals surface area contributed by atoms with Gasteiger partial charge in [0.25, 0.3) is 0 Å². The zero-order valence-electron chi connectivity index (χ0n) is 6.18. The SMILES string of the molecule is NC(=O)CC1[CH]CCCC1. The van der Waals surface area contributed by atoms with Crippen LogP contribution in [0.4, 0.5) is 0 Å². The van der Waals surface area contributed by atoms with Crippen molar-refractivity contribution < 1.29 is 4.79 Å². The van der Waals surface area contributed by atoms with Crippen molar-refractivity contribution in [3.63, 3.8) is 0 Å². The third-order valence-electron chi connectivity index (χ3n) is 1.99. The Morgan fingerprint density at radius 1 is 1.60 bits per heavy atom. The zero-order chi connectivity index (χ0) is 7.40. The molecular formula is C8H14NO. The van der Waals surface area contributed by atoms with E-state index in [1.165, 1.54) is 12.8 Å². The number of hydrogen-bond donors (Lipinski definition) is 1. The molecule has 1 aliphatic rings. The van der Waals surface area contributed by atoms with E-state index in [2.05, 4.69) is 6.42 Å². The summed E-state index contributed by atoms with van der Waals surface area (Å²) in [6, 6.07) is 0. The van der Waals surface area contributed by atoms with Gasteiger partial charge in [0.05, 0.1) is 0 Å². The molecular weight excluding hydrogens is 126 g/mol. The van der Waals surface area contributed by atoms with Gasteiger partial charge in [0.1, 0.15) is 0 Å². The average Bonchev–Trinajstić information content (AvgIpc) is 1.88. The average molecular weight is 140 g/mol. The monoisotopic (exact) mass is 140 g/mol. The molecule has 0 bridgehead atoms. The molecule has 0 aliphatic heterocycles. The van der Waals surface area contributed by atoms with Crippen LogP contribution in [0.15, 0.2) is 0 Å². The summed E-state index contributed by atoms with van der Waals surface area (Å²) in [5, 5.41) is 0. The summed E-state index contributed by atoms with van der Waals surface area (Å²) in [6.07, 6.45) is 7.65. The van der Waals surface area contributed by atoms with Crippen LogP contribution in [0.3, 0.4) is 0 Å². The molecule has 1 atom stereocenters. The summed E-state index contributed by atoms with van der Waals surface area (Å²) < 4.78 is 0. The molecule has 1 fully saturated rings. The molecule has 0 aromatic carbocycles. The molecule has 1 amide bonds. The molecule has 1 unspecified atom stereocenters. The van der Waals surface area contributed by atoms with Crippen molar-refractivity contribution in [2.24, 2.45) is 11.7 Å². The van der Waals surface area contributed by atoms with E-state index in [0.717, 1.165) is 12.8 Å². The molecule has 0 spiro atoms. The summed E-state index contributed by atoms with van der Waals surface area (Å²) in [4.78, 5) is 10.5. The smallest absolute Gasteiger partial charge is 0.217 e. The molecule has 2 nitrogen and oxygen atoms in total. The van der Waals surface area contributed by atoms with Crippen LogP contribution in [0, 0.1) is 12.3 Å². The Hall–Kier alpha value is -0.530. The van der Waals surface area contributed by atoms with Gasteiger partial charge in [-0.05, 0) is 25.2 Å². The minimum absolute atomic E-state index is 0.164. The van der Waals surface area contributed by atoms with Gasteiger partial charge in [-0.2, -0.15) is 0 Å². The summed E-state index contributed by atoms with van der Waals surface area (Å²) >= 11 is 0. The Morgan fingerprint density at radius 2 is 2.40 bits per heavy atom. The predicted octanol–water partition coefficient (Wildman–Crippen LogP) is 1.26. The molecule has 1 aliphatic carbocycles. The number of primary amides is 1. The standard InChI is InChI=1S/C8H14NO/c9-8(10)6-7-4-2-1-3-5-7/h4,7H,1-3,5-6H2,(H2,9,10). The maximum Gasteiger partial charge on any atom is 0.217 e. The van der Waals surface area contributed by atoms with Crippen LogP contribution in [0.1, 0.15) is 32.1 Å². The van der Waals surface area contributed by atoms with Gasteiger partial charge in [-0.25, -0.2) is 0 Å². The van der Waals surface area contributed by atoms with Gasteiger partial charge in [0.2, 0.25) is 5.91 Å². The summed E-state index contributed by atoms with van der Waals surface area (Å²) in [5.41, 5.74) is 5.06.